The van der Waals surface area contributed by atoms with Crippen molar-refractivity contribution in [1.82, 2.24) is 4.90 Å². The molecule has 0 aliphatic heterocycles. The van der Waals surface area contributed by atoms with Crippen molar-refractivity contribution in [1.29, 1.82) is 0 Å². The number of carboxylic acids is 1. The Morgan fingerprint density at radius 3 is 2.71 bits per heavy atom. The first-order valence-corrected chi connectivity index (χ1v) is 6.70. The lowest BCUT2D eigenvalue weighted by Gasteiger charge is -2.17. The standard InChI is InChI=1S/C15H16ClNO4/c1-17(9-12-4-6-14(21-12)15(18)19)8-10-7-11(16)3-5-13(10)20-2/h3-7H,8-9H2,1-2H3,(H,18,19). The highest BCUT2D eigenvalue weighted by Gasteiger charge is 2.12. The number of ether oxygens (including phenoxy) is 1. The summed E-state index contributed by atoms with van der Waals surface area (Å²) in [7, 11) is 3.52. The second-order valence-electron chi connectivity index (χ2n) is 4.70. The summed E-state index contributed by atoms with van der Waals surface area (Å²) in [6, 6.07) is 8.55. The molecule has 0 aliphatic rings. The van der Waals surface area contributed by atoms with Crippen molar-refractivity contribution in [2.45, 2.75) is 13.1 Å². The molecule has 2 rings (SSSR count). The summed E-state index contributed by atoms with van der Waals surface area (Å²) in [6.07, 6.45) is 0. The summed E-state index contributed by atoms with van der Waals surface area (Å²) in [5, 5.41) is 9.47. The van der Waals surface area contributed by atoms with Crippen LogP contribution in [0.15, 0.2) is 34.7 Å². The van der Waals surface area contributed by atoms with Gasteiger partial charge in [0, 0.05) is 17.1 Å². The van der Waals surface area contributed by atoms with E-state index in [2.05, 4.69) is 0 Å². The van der Waals surface area contributed by atoms with Crippen molar-refractivity contribution in [2.75, 3.05) is 14.2 Å². The lowest BCUT2D eigenvalue weighted by molar-refractivity contribution is 0.0658. The van der Waals surface area contributed by atoms with Crippen LogP contribution >= 0.6 is 11.6 Å². The maximum absolute atomic E-state index is 10.8. The summed E-state index contributed by atoms with van der Waals surface area (Å²) in [5.41, 5.74) is 0.956. The molecule has 1 heterocycles. The molecule has 0 unspecified atom stereocenters. The Balaban J connectivity index is 2.05. The van der Waals surface area contributed by atoms with E-state index >= 15 is 0 Å². The van der Waals surface area contributed by atoms with Crippen LogP contribution < -0.4 is 4.74 Å². The summed E-state index contributed by atoms with van der Waals surface area (Å²) >= 11 is 6.00. The molecule has 1 aromatic heterocycles. The molecule has 0 saturated heterocycles. The average molecular weight is 310 g/mol. The van der Waals surface area contributed by atoms with E-state index in [1.165, 1.54) is 6.07 Å². The molecule has 0 spiro atoms. The van der Waals surface area contributed by atoms with Gasteiger partial charge in [0.15, 0.2) is 0 Å². The van der Waals surface area contributed by atoms with E-state index < -0.39 is 5.97 Å². The second-order valence-corrected chi connectivity index (χ2v) is 5.14. The van der Waals surface area contributed by atoms with Crippen molar-refractivity contribution in [3.8, 4) is 5.75 Å². The number of furan rings is 1. The number of methoxy groups -OCH3 is 1. The number of rotatable bonds is 6. The highest BCUT2D eigenvalue weighted by molar-refractivity contribution is 6.30. The van der Waals surface area contributed by atoms with Crippen LogP contribution in [0.3, 0.4) is 0 Å². The molecule has 0 aliphatic carbocycles. The molecule has 0 amide bonds. The molecule has 21 heavy (non-hydrogen) atoms. The zero-order valence-corrected chi connectivity index (χ0v) is 12.6. The van der Waals surface area contributed by atoms with Crippen LogP contribution in [0.2, 0.25) is 5.02 Å². The fourth-order valence-corrected chi connectivity index (χ4v) is 2.26. The van der Waals surface area contributed by atoms with Crippen LogP contribution in [0.1, 0.15) is 21.9 Å². The predicted octanol–water partition coefficient (Wildman–Crippen LogP) is 3.27. The fraction of sp³-hybridized carbons (Fsp3) is 0.267. The molecule has 2 aromatic rings. The molecular formula is C15H16ClNO4. The van der Waals surface area contributed by atoms with Crippen LogP contribution in [0, 0.1) is 0 Å². The van der Waals surface area contributed by atoms with Crippen molar-refractivity contribution in [3.05, 3.63) is 52.4 Å². The number of hydrogen-bond donors (Lipinski definition) is 1. The van der Waals surface area contributed by atoms with Gasteiger partial charge in [-0.2, -0.15) is 0 Å². The van der Waals surface area contributed by atoms with Gasteiger partial charge in [-0.3, -0.25) is 4.90 Å². The minimum Gasteiger partial charge on any atom is -0.496 e. The van der Waals surface area contributed by atoms with Gasteiger partial charge in [-0.25, -0.2) is 4.79 Å². The predicted molar refractivity (Wildman–Crippen MR) is 78.8 cm³/mol. The maximum atomic E-state index is 10.8. The Kier molecular flexibility index (Phi) is 4.88. The first kappa shape index (κ1) is 15.4. The Morgan fingerprint density at radius 2 is 2.10 bits per heavy atom. The molecule has 0 bridgehead atoms. The number of halogens is 1. The molecule has 1 aromatic carbocycles. The topological polar surface area (TPSA) is 62.9 Å². The van der Waals surface area contributed by atoms with Gasteiger partial charge in [0.25, 0.3) is 0 Å². The summed E-state index contributed by atoms with van der Waals surface area (Å²) in [6.45, 7) is 1.09. The van der Waals surface area contributed by atoms with E-state index in [4.69, 9.17) is 25.9 Å². The lowest BCUT2D eigenvalue weighted by atomic mass is 10.2. The summed E-state index contributed by atoms with van der Waals surface area (Å²) in [4.78, 5) is 12.8. The van der Waals surface area contributed by atoms with Gasteiger partial charge in [-0.1, -0.05) is 11.6 Å². The number of aromatic carboxylic acids is 1. The highest BCUT2D eigenvalue weighted by atomic mass is 35.5. The summed E-state index contributed by atoms with van der Waals surface area (Å²) < 4.78 is 10.5. The van der Waals surface area contributed by atoms with Crippen LogP contribution in [0.25, 0.3) is 0 Å². The molecule has 112 valence electrons. The van der Waals surface area contributed by atoms with Gasteiger partial charge in [0.05, 0.1) is 13.7 Å². The van der Waals surface area contributed by atoms with E-state index in [-0.39, 0.29) is 5.76 Å². The van der Waals surface area contributed by atoms with Crippen molar-refractivity contribution >= 4 is 17.6 Å². The van der Waals surface area contributed by atoms with Crippen LogP contribution in [0.5, 0.6) is 5.75 Å². The fourth-order valence-electron chi connectivity index (χ4n) is 2.06. The third-order valence-corrected chi connectivity index (χ3v) is 3.22. The molecule has 0 fully saturated rings. The van der Waals surface area contributed by atoms with E-state index in [1.807, 2.05) is 24.1 Å². The molecule has 0 saturated carbocycles. The van der Waals surface area contributed by atoms with Gasteiger partial charge >= 0.3 is 5.97 Å². The van der Waals surface area contributed by atoms with Crippen molar-refractivity contribution in [2.24, 2.45) is 0 Å². The average Bonchev–Trinajstić information content (AvgIpc) is 2.87. The molecule has 0 atom stereocenters. The SMILES string of the molecule is COc1ccc(Cl)cc1CN(C)Cc1ccc(C(=O)O)o1. The Morgan fingerprint density at radius 1 is 1.33 bits per heavy atom. The first-order chi connectivity index (χ1) is 9.99. The normalized spacial score (nSPS) is 10.9. The van der Waals surface area contributed by atoms with Gasteiger partial charge in [-0.15, -0.1) is 0 Å². The third kappa shape index (κ3) is 4.00. The molecule has 0 radical (unpaired) electrons. The number of benzene rings is 1. The number of nitrogens with zero attached hydrogens (tertiary/aromatic N) is 1. The Labute approximate surface area is 127 Å². The van der Waals surface area contributed by atoms with Gasteiger partial charge in [0.1, 0.15) is 11.5 Å². The smallest absolute Gasteiger partial charge is 0.371 e. The quantitative estimate of drug-likeness (QED) is 0.887. The van der Waals surface area contributed by atoms with E-state index in [0.29, 0.717) is 23.9 Å². The van der Waals surface area contributed by atoms with Crippen molar-refractivity contribution in [3.63, 3.8) is 0 Å². The number of carbonyl (C=O) groups is 1. The Bertz CT molecular complexity index is 638. The van der Waals surface area contributed by atoms with Crippen molar-refractivity contribution < 1.29 is 19.1 Å². The molecule has 1 N–H and O–H groups in total. The second kappa shape index (κ2) is 6.65. The lowest BCUT2D eigenvalue weighted by Crippen LogP contribution is -2.17. The Hall–Kier alpha value is -1.98. The zero-order valence-electron chi connectivity index (χ0n) is 11.8. The summed E-state index contributed by atoms with van der Waals surface area (Å²) in [5.74, 6) is 0.229. The van der Waals surface area contributed by atoms with E-state index in [0.717, 1.165) is 11.3 Å². The van der Waals surface area contributed by atoms with Crippen LogP contribution in [0.4, 0.5) is 0 Å². The number of carboxylic acid groups (broad SMARTS) is 1. The van der Waals surface area contributed by atoms with Gasteiger partial charge in [-0.05, 0) is 37.4 Å². The van der Waals surface area contributed by atoms with E-state index in [1.54, 1.807) is 19.2 Å². The largest absolute Gasteiger partial charge is 0.496 e. The molecule has 5 nitrogen and oxygen atoms in total. The first-order valence-electron chi connectivity index (χ1n) is 6.32. The minimum absolute atomic E-state index is 0.0567. The van der Waals surface area contributed by atoms with Gasteiger partial charge in [0.2, 0.25) is 5.76 Å². The maximum Gasteiger partial charge on any atom is 0.371 e. The minimum atomic E-state index is -1.07. The third-order valence-electron chi connectivity index (χ3n) is 2.98. The van der Waals surface area contributed by atoms with Crippen LogP contribution in [-0.4, -0.2) is 30.1 Å². The van der Waals surface area contributed by atoms with Gasteiger partial charge < -0.3 is 14.3 Å². The van der Waals surface area contributed by atoms with Crippen LogP contribution in [-0.2, 0) is 13.1 Å². The number of hydrogen-bond acceptors (Lipinski definition) is 4. The molecule has 6 heteroatoms. The zero-order chi connectivity index (χ0) is 15.4. The highest BCUT2D eigenvalue weighted by Crippen LogP contribution is 2.24. The monoisotopic (exact) mass is 309 g/mol. The molecular weight excluding hydrogens is 294 g/mol. The van der Waals surface area contributed by atoms with E-state index in [9.17, 15) is 4.79 Å².